The Morgan fingerprint density at radius 2 is 1.57 bits per heavy atom. The van der Waals surface area contributed by atoms with Crippen molar-refractivity contribution in [3.05, 3.63) is 60.3 Å². The van der Waals surface area contributed by atoms with Gasteiger partial charge >= 0.3 is 0 Å². The molecule has 1 saturated heterocycles. The van der Waals surface area contributed by atoms with Gasteiger partial charge in [-0.05, 0) is 24.3 Å². The fourth-order valence-corrected chi connectivity index (χ4v) is 2.45. The molecular weight excluding hydrogens is 329 g/mol. The van der Waals surface area contributed by atoms with Gasteiger partial charge in [-0.1, -0.05) is 36.1 Å². The summed E-state index contributed by atoms with van der Waals surface area (Å²) < 4.78 is 0. The number of rotatable bonds is 2. The summed E-state index contributed by atoms with van der Waals surface area (Å²) in [6.45, 7) is 4.96. The normalized spacial score (nSPS) is 14.0. The zero-order valence-corrected chi connectivity index (χ0v) is 14.5. The Balaban J connectivity index is 0.00000132. The van der Waals surface area contributed by atoms with Crippen LogP contribution in [-0.4, -0.2) is 42.6 Å². The molecule has 0 bridgehead atoms. The molecule has 0 unspecified atom stereocenters. The Labute approximate surface area is 150 Å². The van der Waals surface area contributed by atoms with Crippen LogP contribution >= 0.6 is 24.8 Å². The zero-order valence-electron chi connectivity index (χ0n) is 12.9. The highest BCUT2D eigenvalue weighted by atomic mass is 35.5. The average molecular weight is 350 g/mol. The number of hydrogen-bond acceptors (Lipinski definition) is 3. The lowest BCUT2D eigenvalue weighted by Gasteiger charge is -2.34. The second-order valence-electron chi connectivity index (χ2n) is 5.12. The number of piperazine rings is 1. The third kappa shape index (κ3) is 5.76. The van der Waals surface area contributed by atoms with Crippen LogP contribution in [0.15, 0.2) is 54.7 Å². The van der Waals surface area contributed by atoms with Gasteiger partial charge in [-0.3, -0.25) is 4.90 Å². The van der Waals surface area contributed by atoms with Crippen LogP contribution in [0, 0.1) is 11.8 Å². The van der Waals surface area contributed by atoms with E-state index in [4.69, 9.17) is 0 Å². The monoisotopic (exact) mass is 349 g/mol. The van der Waals surface area contributed by atoms with Gasteiger partial charge in [0.15, 0.2) is 0 Å². The molecule has 0 atom stereocenters. The lowest BCUT2D eigenvalue weighted by atomic mass is 10.2. The molecule has 122 valence electrons. The lowest BCUT2D eigenvalue weighted by Crippen LogP contribution is -2.46. The molecule has 23 heavy (non-hydrogen) atoms. The van der Waals surface area contributed by atoms with Gasteiger partial charge < -0.3 is 4.90 Å². The fourth-order valence-electron chi connectivity index (χ4n) is 2.45. The summed E-state index contributed by atoms with van der Waals surface area (Å²) >= 11 is 0. The Bertz CT molecular complexity index is 615. The van der Waals surface area contributed by atoms with Crippen LogP contribution in [0.25, 0.3) is 0 Å². The molecule has 0 radical (unpaired) electrons. The Morgan fingerprint density at radius 1 is 0.870 bits per heavy atom. The molecule has 1 aromatic carbocycles. The minimum absolute atomic E-state index is 0. The Hall–Kier alpha value is -1.73. The lowest BCUT2D eigenvalue weighted by molar-refractivity contribution is 0.287. The SMILES string of the molecule is C(#Cc1ccccc1)CN1CCN(c2ccccn2)CC1.Cl.Cl. The van der Waals surface area contributed by atoms with Crippen molar-refractivity contribution in [2.45, 2.75) is 0 Å². The van der Waals surface area contributed by atoms with E-state index in [0.29, 0.717) is 0 Å². The van der Waals surface area contributed by atoms with E-state index in [9.17, 15) is 0 Å². The molecule has 0 saturated carbocycles. The molecule has 1 aliphatic rings. The highest BCUT2D eigenvalue weighted by Gasteiger charge is 2.16. The van der Waals surface area contributed by atoms with Crippen LogP contribution in [0.2, 0.25) is 0 Å². The van der Waals surface area contributed by atoms with E-state index < -0.39 is 0 Å². The summed E-state index contributed by atoms with van der Waals surface area (Å²) in [5.74, 6) is 7.56. The van der Waals surface area contributed by atoms with E-state index in [1.54, 1.807) is 0 Å². The molecule has 0 amide bonds. The number of benzene rings is 1. The van der Waals surface area contributed by atoms with Crippen molar-refractivity contribution in [1.29, 1.82) is 0 Å². The highest BCUT2D eigenvalue weighted by molar-refractivity contribution is 5.85. The van der Waals surface area contributed by atoms with Crippen molar-refractivity contribution >= 4 is 30.6 Å². The first-order valence-electron chi connectivity index (χ1n) is 7.34. The maximum absolute atomic E-state index is 4.41. The Morgan fingerprint density at radius 3 is 2.22 bits per heavy atom. The van der Waals surface area contributed by atoms with E-state index in [-0.39, 0.29) is 24.8 Å². The quantitative estimate of drug-likeness (QED) is 0.776. The van der Waals surface area contributed by atoms with Gasteiger partial charge in [0.2, 0.25) is 0 Å². The van der Waals surface area contributed by atoms with Gasteiger partial charge in [0.1, 0.15) is 5.82 Å². The summed E-state index contributed by atoms with van der Waals surface area (Å²) in [5, 5.41) is 0. The Kier molecular flexibility index (Phi) is 8.50. The maximum Gasteiger partial charge on any atom is 0.128 e. The molecule has 2 heterocycles. The molecule has 1 aromatic heterocycles. The van der Waals surface area contributed by atoms with E-state index in [1.165, 1.54) is 0 Å². The first-order chi connectivity index (χ1) is 10.4. The second kappa shape index (κ2) is 10.1. The van der Waals surface area contributed by atoms with Gasteiger partial charge in [0, 0.05) is 37.9 Å². The topological polar surface area (TPSA) is 19.4 Å². The summed E-state index contributed by atoms with van der Waals surface area (Å²) in [4.78, 5) is 9.14. The van der Waals surface area contributed by atoms with Gasteiger partial charge in [-0.25, -0.2) is 4.98 Å². The van der Waals surface area contributed by atoms with E-state index in [1.807, 2.05) is 48.7 Å². The van der Waals surface area contributed by atoms with Crippen LogP contribution in [0.3, 0.4) is 0 Å². The predicted octanol–water partition coefficient (Wildman–Crippen LogP) is 3.10. The molecule has 2 aromatic rings. The standard InChI is InChI=1S/C18H19N3.2ClH/c1-2-7-17(8-3-1)9-6-12-20-13-15-21(16-14-20)18-10-4-5-11-19-18;;/h1-5,7-8,10-11H,12-16H2;2*1H. The zero-order chi connectivity index (χ0) is 14.3. The minimum atomic E-state index is 0. The van der Waals surface area contributed by atoms with E-state index in [2.05, 4.69) is 32.7 Å². The molecule has 3 rings (SSSR count). The van der Waals surface area contributed by atoms with Crippen LogP contribution in [-0.2, 0) is 0 Å². The van der Waals surface area contributed by atoms with Crippen molar-refractivity contribution in [2.24, 2.45) is 0 Å². The third-order valence-corrected chi connectivity index (χ3v) is 3.65. The number of hydrogen-bond donors (Lipinski definition) is 0. The number of pyridine rings is 1. The molecule has 0 spiro atoms. The summed E-state index contributed by atoms with van der Waals surface area (Å²) in [6, 6.07) is 16.2. The molecule has 5 heteroatoms. The molecule has 3 nitrogen and oxygen atoms in total. The molecule has 0 aliphatic carbocycles. The summed E-state index contributed by atoms with van der Waals surface area (Å²) in [6.07, 6.45) is 1.85. The van der Waals surface area contributed by atoms with Crippen LogP contribution in [0.4, 0.5) is 5.82 Å². The van der Waals surface area contributed by atoms with Crippen molar-refractivity contribution < 1.29 is 0 Å². The largest absolute Gasteiger partial charge is 0.354 e. The first-order valence-corrected chi connectivity index (χ1v) is 7.34. The number of anilines is 1. The van der Waals surface area contributed by atoms with Gasteiger partial charge in [-0.2, -0.15) is 0 Å². The van der Waals surface area contributed by atoms with Crippen molar-refractivity contribution in [1.82, 2.24) is 9.88 Å². The summed E-state index contributed by atoms with van der Waals surface area (Å²) in [7, 11) is 0. The predicted molar refractivity (Wildman–Crippen MR) is 101 cm³/mol. The number of halogens is 2. The van der Waals surface area contributed by atoms with Gasteiger partial charge in [0.05, 0.1) is 6.54 Å². The fraction of sp³-hybridized carbons (Fsp3) is 0.278. The smallest absolute Gasteiger partial charge is 0.128 e. The molecule has 0 N–H and O–H groups in total. The van der Waals surface area contributed by atoms with E-state index in [0.717, 1.165) is 44.1 Å². The van der Waals surface area contributed by atoms with Crippen molar-refractivity contribution in [3.8, 4) is 11.8 Å². The highest BCUT2D eigenvalue weighted by Crippen LogP contribution is 2.11. The number of nitrogens with zero attached hydrogens (tertiary/aromatic N) is 3. The second-order valence-corrected chi connectivity index (χ2v) is 5.12. The first kappa shape index (κ1) is 19.3. The van der Waals surface area contributed by atoms with Gasteiger partial charge in [-0.15, -0.1) is 24.8 Å². The third-order valence-electron chi connectivity index (χ3n) is 3.65. The van der Waals surface area contributed by atoms with Crippen LogP contribution in [0.5, 0.6) is 0 Å². The molecular formula is C18H21Cl2N3. The van der Waals surface area contributed by atoms with Crippen LogP contribution < -0.4 is 4.90 Å². The van der Waals surface area contributed by atoms with Gasteiger partial charge in [0.25, 0.3) is 0 Å². The average Bonchev–Trinajstić information content (AvgIpc) is 2.57. The van der Waals surface area contributed by atoms with Crippen molar-refractivity contribution in [2.75, 3.05) is 37.6 Å². The molecule has 1 fully saturated rings. The summed E-state index contributed by atoms with van der Waals surface area (Å²) in [5.41, 5.74) is 1.09. The minimum Gasteiger partial charge on any atom is -0.354 e. The maximum atomic E-state index is 4.41. The van der Waals surface area contributed by atoms with Crippen LogP contribution in [0.1, 0.15) is 5.56 Å². The number of aromatic nitrogens is 1. The van der Waals surface area contributed by atoms with E-state index >= 15 is 0 Å². The molecule has 1 aliphatic heterocycles. The van der Waals surface area contributed by atoms with Crippen molar-refractivity contribution in [3.63, 3.8) is 0 Å².